The summed E-state index contributed by atoms with van der Waals surface area (Å²) in [5.41, 5.74) is 1.13. The molecule has 0 unspecified atom stereocenters. The third-order valence-corrected chi connectivity index (χ3v) is 4.38. The van der Waals surface area contributed by atoms with Crippen LogP contribution in [0.1, 0.15) is 30.1 Å². The van der Waals surface area contributed by atoms with Crippen LogP contribution >= 0.6 is 0 Å². The quantitative estimate of drug-likeness (QED) is 0.624. The molecule has 1 aliphatic rings. The summed E-state index contributed by atoms with van der Waals surface area (Å²) >= 11 is 0. The molecular formula is C18H26N3O4+. The van der Waals surface area contributed by atoms with Gasteiger partial charge in [-0.1, -0.05) is 6.07 Å². The van der Waals surface area contributed by atoms with E-state index < -0.39 is 0 Å². The van der Waals surface area contributed by atoms with Crippen molar-refractivity contribution in [2.24, 2.45) is 5.92 Å². The summed E-state index contributed by atoms with van der Waals surface area (Å²) < 4.78 is 4.77. The average Bonchev–Trinajstić information content (AvgIpc) is 2.62. The molecule has 1 aliphatic heterocycles. The number of likely N-dealkylation sites (tertiary alicyclic amines) is 1. The molecule has 136 valence electrons. The third kappa shape index (κ3) is 5.56. The molecule has 0 aromatic heterocycles. The lowest BCUT2D eigenvalue weighted by atomic mass is 9.97. The van der Waals surface area contributed by atoms with Gasteiger partial charge in [-0.15, -0.1) is 0 Å². The Morgan fingerprint density at radius 2 is 1.96 bits per heavy atom. The van der Waals surface area contributed by atoms with E-state index in [2.05, 4.69) is 10.6 Å². The van der Waals surface area contributed by atoms with Crippen LogP contribution in [0, 0.1) is 5.92 Å². The Balaban J connectivity index is 1.84. The first kappa shape index (κ1) is 18.9. The molecule has 1 heterocycles. The lowest BCUT2D eigenvalue weighted by molar-refractivity contribution is -0.897. The van der Waals surface area contributed by atoms with Gasteiger partial charge in [-0.25, -0.2) is 0 Å². The second-order valence-electron chi connectivity index (χ2n) is 6.21. The van der Waals surface area contributed by atoms with Gasteiger partial charge in [-0.2, -0.15) is 0 Å². The normalized spacial score (nSPS) is 19.8. The molecule has 0 saturated carbocycles. The Labute approximate surface area is 147 Å². The Hall–Kier alpha value is -2.41. The number of hydrogen-bond donors (Lipinski definition) is 3. The van der Waals surface area contributed by atoms with Crippen molar-refractivity contribution in [2.45, 2.75) is 19.8 Å². The van der Waals surface area contributed by atoms with Crippen LogP contribution in [-0.2, 0) is 14.3 Å². The van der Waals surface area contributed by atoms with Gasteiger partial charge in [-0.3, -0.25) is 14.4 Å². The maximum Gasteiger partial charge on any atom is 0.309 e. The van der Waals surface area contributed by atoms with E-state index in [1.54, 1.807) is 24.3 Å². The number of carbonyl (C=O) groups excluding carboxylic acids is 3. The molecule has 0 aliphatic carbocycles. The molecule has 0 spiro atoms. The third-order valence-electron chi connectivity index (χ3n) is 4.38. The van der Waals surface area contributed by atoms with Gasteiger partial charge >= 0.3 is 5.97 Å². The molecular weight excluding hydrogens is 322 g/mol. The average molecular weight is 348 g/mol. The Bertz CT molecular complexity index is 625. The van der Waals surface area contributed by atoms with E-state index in [0.717, 1.165) is 30.8 Å². The largest absolute Gasteiger partial charge is 0.469 e. The van der Waals surface area contributed by atoms with Crippen LogP contribution in [0.2, 0.25) is 0 Å². The van der Waals surface area contributed by atoms with Crippen molar-refractivity contribution < 1.29 is 24.0 Å². The number of amides is 2. The number of ether oxygens (including phenoxy) is 1. The predicted molar refractivity (Wildman–Crippen MR) is 93.4 cm³/mol. The Morgan fingerprint density at radius 3 is 2.60 bits per heavy atom. The standard InChI is InChI=1S/C18H25N3O4/c1-3-19-17(23)14-5-4-6-15(11-14)20-16(22)12-21-9-7-13(8-10-21)18(24)25-2/h4-6,11,13H,3,7-10,12H2,1-2H3,(H,19,23)(H,20,22)/p+1. The van der Waals surface area contributed by atoms with E-state index in [9.17, 15) is 14.4 Å². The molecule has 3 N–H and O–H groups in total. The van der Waals surface area contributed by atoms with Crippen LogP contribution in [0.3, 0.4) is 0 Å². The van der Waals surface area contributed by atoms with Crippen LogP contribution in [0.5, 0.6) is 0 Å². The zero-order chi connectivity index (χ0) is 18.2. The summed E-state index contributed by atoms with van der Waals surface area (Å²) in [6.45, 7) is 4.30. The van der Waals surface area contributed by atoms with Gasteiger partial charge in [0.1, 0.15) is 0 Å². The molecule has 2 amide bonds. The number of rotatable bonds is 6. The minimum Gasteiger partial charge on any atom is -0.469 e. The summed E-state index contributed by atoms with van der Waals surface area (Å²) in [6.07, 6.45) is 1.48. The van der Waals surface area contributed by atoms with Crippen molar-refractivity contribution in [3.05, 3.63) is 29.8 Å². The van der Waals surface area contributed by atoms with E-state index in [-0.39, 0.29) is 23.7 Å². The molecule has 0 bridgehead atoms. The van der Waals surface area contributed by atoms with E-state index in [4.69, 9.17) is 4.74 Å². The van der Waals surface area contributed by atoms with Crippen LogP contribution in [0.15, 0.2) is 24.3 Å². The molecule has 7 heteroatoms. The summed E-state index contributed by atoms with van der Waals surface area (Å²) in [5.74, 6) is -0.468. The highest BCUT2D eigenvalue weighted by atomic mass is 16.5. The number of benzene rings is 1. The minimum atomic E-state index is -0.161. The number of esters is 1. The first-order valence-electron chi connectivity index (χ1n) is 8.63. The highest BCUT2D eigenvalue weighted by Gasteiger charge is 2.29. The highest BCUT2D eigenvalue weighted by molar-refractivity contribution is 5.97. The van der Waals surface area contributed by atoms with Gasteiger partial charge < -0.3 is 20.3 Å². The molecule has 0 atom stereocenters. The smallest absolute Gasteiger partial charge is 0.309 e. The zero-order valence-electron chi connectivity index (χ0n) is 14.8. The van der Waals surface area contributed by atoms with Gasteiger partial charge in [0.25, 0.3) is 11.8 Å². The van der Waals surface area contributed by atoms with Crippen molar-refractivity contribution in [1.82, 2.24) is 5.32 Å². The lowest BCUT2D eigenvalue weighted by Crippen LogP contribution is -3.14. The van der Waals surface area contributed by atoms with Crippen molar-refractivity contribution in [2.75, 3.05) is 38.6 Å². The van der Waals surface area contributed by atoms with Crippen LogP contribution in [-0.4, -0.2) is 51.1 Å². The predicted octanol–water partition coefficient (Wildman–Crippen LogP) is -0.157. The van der Waals surface area contributed by atoms with Crippen LogP contribution < -0.4 is 15.5 Å². The molecule has 2 rings (SSSR count). The van der Waals surface area contributed by atoms with Crippen molar-refractivity contribution in [1.29, 1.82) is 0 Å². The zero-order valence-corrected chi connectivity index (χ0v) is 14.8. The second-order valence-corrected chi connectivity index (χ2v) is 6.21. The number of carbonyl (C=O) groups is 3. The molecule has 1 aromatic carbocycles. The van der Waals surface area contributed by atoms with E-state index in [1.807, 2.05) is 6.92 Å². The minimum absolute atomic E-state index is 0.0504. The second kappa shape index (κ2) is 9.17. The van der Waals surface area contributed by atoms with E-state index >= 15 is 0 Å². The Morgan fingerprint density at radius 1 is 1.24 bits per heavy atom. The monoisotopic (exact) mass is 348 g/mol. The van der Waals surface area contributed by atoms with Crippen molar-refractivity contribution >= 4 is 23.5 Å². The van der Waals surface area contributed by atoms with Gasteiger partial charge in [0.2, 0.25) is 0 Å². The molecule has 25 heavy (non-hydrogen) atoms. The molecule has 1 fully saturated rings. The number of methoxy groups -OCH3 is 1. The first-order chi connectivity index (χ1) is 12.0. The van der Waals surface area contributed by atoms with Crippen LogP contribution in [0.4, 0.5) is 5.69 Å². The fraction of sp³-hybridized carbons (Fsp3) is 0.500. The topological polar surface area (TPSA) is 88.9 Å². The van der Waals surface area contributed by atoms with E-state index in [1.165, 1.54) is 7.11 Å². The highest BCUT2D eigenvalue weighted by Crippen LogP contribution is 2.12. The van der Waals surface area contributed by atoms with Crippen molar-refractivity contribution in [3.63, 3.8) is 0 Å². The molecule has 1 saturated heterocycles. The summed E-state index contributed by atoms with van der Waals surface area (Å²) in [5, 5.41) is 5.57. The number of anilines is 1. The first-order valence-corrected chi connectivity index (χ1v) is 8.63. The summed E-state index contributed by atoms with van der Waals surface area (Å²) in [6, 6.07) is 6.89. The van der Waals surface area contributed by atoms with Gasteiger partial charge in [0.15, 0.2) is 6.54 Å². The molecule has 7 nitrogen and oxygen atoms in total. The van der Waals surface area contributed by atoms with Crippen molar-refractivity contribution in [3.8, 4) is 0 Å². The number of piperidine rings is 1. The van der Waals surface area contributed by atoms with Gasteiger partial charge in [0, 0.05) is 30.6 Å². The number of hydrogen-bond acceptors (Lipinski definition) is 4. The maximum absolute atomic E-state index is 12.2. The number of quaternary nitrogens is 1. The summed E-state index contributed by atoms with van der Waals surface area (Å²) in [4.78, 5) is 36.8. The summed E-state index contributed by atoms with van der Waals surface area (Å²) in [7, 11) is 1.41. The molecule has 1 aromatic rings. The van der Waals surface area contributed by atoms with Crippen LogP contribution in [0.25, 0.3) is 0 Å². The number of nitrogens with one attached hydrogen (secondary N) is 3. The fourth-order valence-electron chi connectivity index (χ4n) is 3.04. The SMILES string of the molecule is CCNC(=O)c1cccc(NC(=O)C[NH+]2CCC(C(=O)OC)CC2)c1. The fourth-order valence-corrected chi connectivity index (χ4v) is 3.04. The van der Waals surface area contributed by atoms with Gasteiger partial charge in [-0.05, 0) is 25.1 Å². The molecule has 0 radical (unpaired) electrons. The van der Waals surface area contributed by atoms with Gasteiger partial charge in [0.05, 0.1) is 26.1 Å². The lowest BCUT2D eigenvalue weighted by Gasteiger charge is -2.27. The maximum atomic E-state index is 12.2. The Kier molecular flexibility index (Phi) is 6.94. The van der Waals surface area contributed by atoms with E-state index in [0.29, 0.717) is 24.3 Å².